The summed E-state index contributed by atoms with van der Waals surface area (Å²) in [7, 11) is 0. The monoisotopic (exact) mass is 403 g/mol. The first-order valence-electron chi connectivity index (χ1n) is 10.4. The Morgan fingerprint density at radius 2 is 1.87 bits per heavy atom. The molecule has 0 radical (unpaired) electrons. The number of rotatable bonds is 4. The molecule has 156 valence electrons. The zero-order chi connectivity index (χ0) is 21.5. The zero-order valence-electron chi connectivity index (χ0n) is 18.3. The maximum Gasteiger partial charge on any atom is 0.251 e. The lowest BCUT2D eigenvalue weighted by atomic mass is 9.88. The number of nitrogens with one attached hydrogen (secondary N) is 1. The van der Waals surface area contributed by atoms with Crippen molar-refractivity contribution in [3.05, 3.63) is 82.2 Å². The van der Waals surface area contributed by atoms with Crippen molar-refractivity contribution in [2.75, 3.05) is 0 Å². The van der Waals surface area contributed by atoms with Crippen molar-refractivity contribution in [3.63, 3.8) is 0 Å². The summed E-state index contributed by atoms with van der Waals surface area (Å²) < 4.78 is 8.10. The minimum atomic E-state index is -0.330. The van der Waals surface area contributed by atoms with Crippen LogP contribution in [0, 0.1) is 20.8 Å². The van der Waals surface area contributed by atoms with Crippen LogP contribution in [0.25, 0.3) is 0 Å². The SMILES string of the molecule is Cc1ccc2c(c1)[C@@H](NC(=O)c1ccc(Cn3nc(C)cc3C)cc1)CC(C)(C)O2. The molecule has 2 aromatic carbocycles. The molecule has 2 heterocycles. The highest BCUT2D eigenvalue weighted by atomic mass is 16.5. The van der Waals surface area contributed by atoms with E-state index in [0.717, 1.165) is 40.2 Å². The number of nitrogens with zero attached hydrogens (tertiary/aromatic N) is 2. The highest BCUT2D eigenvalue weighted by molar-refractivity contribution is 5.94. The van der Waals surface area contributed by atoms with Gasteiger partial charge in [0.2, 0.25) is 0 Å². The van der Waals surface area contributed by atoms with Crippen molar-refractivity contribution in [2.24, 2.45) is 0 Å². The second-order valence-electron chi connectivity index (χ2n) is 8.91. The molecule has 0 aliphatic carbocycles. The quantitative estimate of drug-likeness (QED) is 0.675. The third-order valence-corrected chi connectivity index (χ3v) is 5.58. The lowest BCUT2D eigenvalue weighted by Gasteiger charge is -2.38. The normalized spacial score (nSPS) is 17.2. The van der Waals surface area contributed by atoms with Crippen molar-refractivity contribution in [1.29, 1.82) is 0 Å². The molecule has 30 heavy (non-hydrogen) atoms. The van der Waals surface area contributed by atoms with Gasteiger partial charge in [0.05, 0.1) is 18.3 Å². The molecular weight excluding hydrogens is 374 g/mol. The first-order chi connectivity index (χ1) is 14.2. The highest BCUT2D eigenvalue weighted by Crippen LogP contribution is 2.40. The Hall–Kier alpha value is -3.08. The van der Waals surface area contributed by atoms with Gasteiger partial charge in [-0.15, -0.1) is 0 Å². The van der Waals surface area contributed by atoms with Gasteiger partial charge in [0.25, 0.3) is 5.91 Å². The van der Waals surface area contributed by atoms with Gasteiger partial charge in [-0.1, -0.05) is 29.8 Å². The number of amides is 1. The summed E-state index contributed by atoms with van der Waals surface area (Å²) in [6, 6.07) is 15.9. The Kier molecular flexibility index (Phi) is 5.14. The van der Waals surface area contributed by atoms with Crippen LogP contribution < -0.4 is 10.1 Å². The topological polar surface area (TPSA) is 56.2 Å². The molecule has 0 fully saturated rings. The predicted octanol–water partition coefficient (Wildman–Crippen LogP) is 4.89. The van der Waals surface area contributed by atoms with Crippen molar-refractivity contribution < 1.29 is 9.53 Å². The van der Waals surface area contributed by atoms with Gasteiger partial charge >= 0.3 is 0 Å². The third kappa shape index (κ3) is 4.25. The standard InChI is InChI=1S/C25H29N3O2/c1-16-6-11-23-21(12-16)22(14-25(4,5)30-23)26-24(29)20-9-7-19(8-10-20)15-28-18(3)13-17(2)27-28/h6-13,22H,14-15H2,1-5H3,(H,26,29)/t22-/m0/s1. The minimum Gasteiger partial charge on any atom is -0.487 e. The number of carbonyl (C=O) groups excluding carboxylic acids is 1. The highest BCUT2D eigenvalue weighted by Gasteiger charge is 2.34. The van der Waals surface area contributed by atoms with Gasteiger partial charge in [-0.25, -0.2) is 0 Å². The van der Waals surface area contributed by atoms with E-state index in [2.05, 4.69) is 50.2 Å². The smallest absolute Gasteiger partial charge is 0.251 e. The molecule has 1 amide bonds. The van der Waals surface area contributed by atoms with E-state index >= 15 is 0 Å². The van der Waals surface area contributed by atoms with Gasteiger partial charge in [0.1, 0.15) is 11.4 Å². The van der Waals surface area contributed by atoms with E-state index in [0.29, 0.717) is 12.1 Å². The van der Waals surface area contributed by atoms with Crippen LogP contribution in [0.3, 0.4) is 0 Å². The van der Waals surface area contributed by atoms with Crippen molar-refractivity contribution in [1.82, 2.24) is 15.1 Å². The molecule has 0 saturated carbocycles. The number of aryl methyl sites for hydroxylation is 3. The van der Waals surface area contributed by atoms with Crippen molar-refractivity contribution >= 4 is 5.91 Å². The Labute approximate surface area is 178 Å². The van der Waals surface area contributed by atoms with E-state index in [9.17, 15) is 4.79 Å². The molecule has 1 atom stereocenters. The summed E-state index contributed by atoms with van der Waals surface area (Å²) >= 11 is 0. The maximum absolute atomic E-state index is 13.0. The lowest BCUT2D eigenvalue weighted by Crippen LogP contribution is -2.41. The minimum absolute atomic E-state index is 0.0668. The zero-order valence-corrected chi connectivity index (χ0v) is 18.3. The van der Waals surface area contributed by atoms with Crippen LogP contribution in [0.1, 0.15) is 64.7 Å². The first-order valence-corrected chi connectivity index (χ1v) is 10.4. The average molecular weight is 404 g/mol. The van der Waals surface area contributed by atoms with E-state index < -0.39 is 0 Å². The van der Waals surface area contributed by atoms with Crippen LogP contribution in [0.5, 0.6) is 5.75 Å². The van der Waals surface area contributed by atoms with Crippen LogP contribution >= 0.6 is 0 Å². The molecule has 5 heteroatoms. The van der Waals surface area contributed by atoms with Crippen molar-refractivity contribution in [2.45, 2.75) is 59.2 Å². The Morgan fingerprint density at radius 3 is 2.53 bits per heavy atom. The molecule has 0 bridgehead atoms. The first kappa shape index (κ1) is 20.2. The number of ether oxygens (including phenoxy) is 1. The van der Waals surface area contributed by atoms with E-state index in [4.69, 9.17) is 4.74 Å². The van der Waals surface area contributed by atoms with Gasteiger partial charge < -0.3 is 10.1 Å². The second-order valence-corrected chi connectivity index (χ2v) is 8.91. The maximum atomic E-state index is 13.0. The number of hydrogen-bond donors (Lipinski definition) is 1. The van der Waals surface area contributed by atoms with Gasteiger partial charge in [-0.2, -0.15) is 5.10 Å². The number of aromatic nitrogens is 2. The van der Waals surface area contributed by atoms with Crippen LogP contribution in [-0.4, -0.2) is 21.3 Å². The van der Waals surface area contributed by atoms with Crippen LogP contribution in [0.15, 0.2) is 48.5 Å². The Balaban J connectivity index is 1.50. The van der Waals surface area contributed by atoms with Crippen LogP contribution in [0.2, 0.25) is 0 Å². The molecule has 0 spiro atoms. The summed E-state index contributed by atoms with van der Waals surface area (Å²) in [5, 5.41) is 7.73. The summed E-state index contributed by atoms with van der Waals surface area (Å²) in [6.07, 6.45) is 0.727. The van der Waals surface area contributed by atoms with Gasteiger partial charge in [-0.3, -0.25) is 9.48 Å². The summed E-state index contributed by atoms with van der Waals surface area (Å²) in [5.74, 6) is 0.783. The van der Waals surface area contributed by atoms with E-state index in [1.807, 2.05) is 48.0 Å². The number of carbonyl (C=O) groups is 1. The van der Waals surface area contributed by atoms with E-state index in [-0.39, 0.29) is 17.6 Å². The summed E-state index contributed by atoms with van der Waals surface area (Å²) in [6.45, 7) is 10.9. The molecule has 1 aliphatic rings. The molecule has 1 aliphatic heterocycles. The molecule has 3 aromatic rings. The summed E-state index contributed by atoms with van der Waals surface area (Å²) in [4.78, 5) is 13.0. The van der Waals surface area contributed by atoms with Gasteiger partial charge in [-0.05, 0) is 64.4 Å². The Morgan fingerprint density at radius 1 is 1.13 bits per heavy atom. The van der Waals surface area contributed by atoms with Crippen LogP contribution in [0.4, 0.5) is 0 Å². The molecule has 1 aromatic heterocycles. The number of hydrogen-bond acceptors (Lipinski definition) is 3. The Bertz CT molecular complexity index is 1080. The van der Waals surface area contributed by atoms with Gasteiger partial charge in [0.15, 0.2) is 0 Å². The molecule has 5 nitrogen and oxygen atoms in total. The van der Waals surface area contributed by atoms with Crippen molar-refractivity contribution in [3.8, 4) is 5.75 Å². The predicted molar refractivity (Wildman–Crippen MR) is 118 cm³/mol. The van der Waals surface area contributed by atoms with E-state index in [1.165, 1.54) is 0 Å². The average Bonchev–Trinajstić information content (AvgIpc) is 2.99. The fraction of sp³-hybridized carbons (Fsp3) is 0.360. The third-order valence-electron chi connectivity index (χ3n) is 5.58. The number of benzene rings is 2. The lowest BCUT2D eigenvalue weighted by molar-refractivity contribution is 0.0619. The largest absolute Gasteiger partial charge is 0.487 e. The molecule has 1 N–H and O–H groups in total. The van der Waals surface area contributed by atoms with Gasteiger partial charge in [0, 0.05) is 23.2 Å². The van der Waals surface area contributed by atoms with Crippen LogP contribution in [-0.2, 0) is 6.54 Å². The fourth-order valence-electron chi connectivity index (χ4n) is 4.11. The molecular formula is C25H29N3O2. The second kappa shape index (κ2) is 7.63. The molecule has 4 rings (SSSR count). The number of fused-ring (bicyclic) bond motifs is 1. The fourth-order valence-corrected chi connectivity index (χ4v) is 4.11. The molecule has 0 saturated heterocycles. The summed E-state index contributed by atoms with van der Waals surface area (Å²) in [5.41, 5.74) is 5.79. The van der Waals surface area contributed by atoms with E-state index in [1.54, 1.807) is 0 Å². The molecule has 0 unspecified atom stereocenters.